The van der Waals surface area contributed by atoms with Crippen LogP contribution in [0.15, 0.2) is 24.3 Å². The smallest absolute Gasteiger partial charge is 0.242 e. The van der Waals surface area contributed by atoms with Gasteiger partial charge in [0.05, 0.1) is 0 Å². The van der Waals surface area contributed by atoms with Crippen LogP contribution < -0.4 is 16.4 Å². The maximum absolute atomic E-state index is 11.7. The van der Waals surface area contributed by atoms with Gasteiger partial charge in [0, 0.05) is 19.5 Å². The van der Waals surface area contributed by atoms with E-state index in [2.05, 4.69) is 10.6 Å². The Balaban J connectivity index is 1.83. The van der Waals surface area contributed by atoms with Crippen molar-refractivity contribution in [3.8, 4) is 0 Å². The van der Waals surface area contributed by atoms with Crippen molar-refractivity contribution in [1.29, 1.82) is 0 Å². The number of nitrogens with one attached hydrogen (secondary N) is 2. The fraction of sp³-hybridized carbons (Fsp3) is 0.385. The third-order valence-corrected chi connectivity index (χ3v) is 3.04. The first kappa shape index (κ1) is 12.6. The molecule has 1 saturated heterocycles. The molecule has 1 aliphatic heterocycles. The van der Waals surface area contributed by atoms with Gasteiger partial charge in [0.25, 0.3) is 0 Å². The molecule has 96 valence electrons. The van der Waals surface area contributed by atoms with Crippen LogP contribution in [0.2, 0.25) is 0 Å². The first-order chi connectivity index (χ1) is 8.69. The Morgan fingerprint density at radius 1 is 1.33 bits per heavy atom. The monoisotopic (exact) mass is 247 g/mol. The summed E-state index contributed by atoms with van der Waals surface area (Å²) >= 11 is 0. The molecule has 0 bridgehead atoms. The molecule has 0 aliphatic carbocycles. The molecule has 0 unspecified atom stereocenters. The second-order valence-electron chi connectivity index (χ2n) is 4.40. The molecule has 1 fully saturated rings. The van der Waals surface area contributed by atoms with Crippen LogP contribution in [0.5, 0.6) is 0 Å². The first-order valence-electron chi connectivity index (χ1n) is 6.04. The minimum absolute atomic E-state index is 0.0533. The van der Waals surface area contributed by atoms with Crippen molar-refractivity contribution in [1.82, 2.24) is 10.6 Å². The Morgan fingerprint density at radius 3 is 2.56 bits per heavy atom. The number of benzene rings is 1. The molecule has 0 spiro atoms. The summed E-state index contributed by atoms with van der Waals surface area (Å²) in [6, 6.07) is 7.39. The van der Waals surface area contributed by atoms with Crippen molar-refractivity contribution < 1.29 is 9.59 Å². The van der Waals surface area contributed by atoms with Crippen molar-refractivity contribution in [3.05, 3.63) is 35.4 Å². The van der Waals surface area contributed by atoms with E-state index < -0.39 is 0 Å². The SMILES string of the molecule is NCc1ccc(CNC(=O)[C@@H]2CCC(=O)N2)cc1. The maximum atomic E-state index is 11.7. The first-order valence-corrected chi connectivity index (χ1v) is 6.04. The third-order valence-electron chi connectivity index (χ3n) is 3.04. The van der Waals surface area contributed by atoms with E-state index in [1.165, 1.54) is 0 Å². The van der Waals surface area contributed by atoms with Gasteiger partial charge in [0.1, 0.15) is 6.04 Å². The van der Waals surface area contributed by atoms with Gasteiger partial charge in [0.15, 0.2) is 0 Å². The van der Waals surface area contributed by atoms with Gasteiger partial charge in [-0.1, -0.05) is 24.3 Å². The standard InChI is InChI=1S/C13H17N3O2/c14-7-9-1-3-10(4-2-9)8-15-13(18)11-5-6-12(17)16-11/h1-4,11H,5-8,14H2,(H,15,18)(H,16,17)/t11-/m0/s1. The van der Waals surface area contributed by atoms with E-state index >= 15 is 0 Å². The van der Waals surface area contributed by atoms with Gasteiger partial charge in [-0.25, -0.2) is 0 Å². The maximum Gasteiger partial charge on any atom is 0.242 e. The van der Waals surface area contributed by atoms with Crippen LogP contribution >= 0.6 is 0 Å². The second-order valence-corrected chi connectivity index (χ2v) is 4.40. The van der Waals surface area contributed by atoms with Gasteiger partial charge in [-0.15, -0.1) is 0 Å². The number of rotatable bonds is 4. The number of carbonyl (C=O) groups excluding carboxylic acids is 2. The lowest BCUT2D eigenvalue weighted by Gasteiger charge is -2.11. The lowest BCUT2D eigenvalue weighted by molar-refractivity contribution is -0.125. The predicted molar refractivity (Wildman–Crippen MR) is 67.3 cm³/mol. The van der Waals surface area contributed by atoms with Gasteiger partial charge < -0.3 is 16.4 Å². The molecule has 0 saturated carbocycles. The number of hydrogen-bond acceptors (Lipinski definition) is 3. The Bertz CT molecular complexity index is 442. The average molecular weight is 247 g/mol. The Hall–Kier alpha value is -1.88. The Labute approximate surface area is 106 Å². The minimum atomic E-state index is -0.374. The Kier molecular flexibility index (Phi) is 3.94. The normalized spacial score (nSPS) is 18.5. The van der Waals surface area contributed by atoms with Crippen molar-refractivity contribution in [2.75, 3.05) is 0 Å². The molecule has 0 radical (unpaired) electrons. The molecule has 1 aromatic rings. The fourth-order valence-corrected chi connectivity index (χ4v) is 1.92. The predicted octanol–water partition coefficient (Wildman–Crippen LogP) is 0.0401. The zero-order chi connectivity index (χ0) is 13.0. The highest BCUT2D eigenvalue weighted by molar-refractivity contribution is 5.90. The molecule has 5 nitrogen and oxygen atoms in total. The number of carbonyl (C=O) groups is 2. The summed E-state index contributed by atoms with van der Waals surface area (Å²) in [6.45, 7) is 0.983. The molecule has 4 N–H and O–H groups in total. The van der Waals surface area contributed by atoms with Gasteiger partial charge >= 0.3 is 0 Å². The molecule has 1 aromatic carbocycles. The van der Waals surface area contributed by atoms with Crippen molar-refractivity contribution in [3.63, 3.8) is 0 Å². The van der Waals surface area contributed by atoms with Crippen LogP contribution in [0.4, 0.5) is 0 Å². The van der Waals surface area contributed by atoms with Crippen LogP contribution in [0.25, 0.3) is 0 Å². The number of amides is 2. The third kappa shape index (κ3) is 3.07. The van der Waals surface area contributed by atoms with Crippen LogP contribution in [0.3, 0.4) is 0 Å². The van der Waals surface area contributed by atoms with E-state index in [0.29, 0.717) is 25.9 Å². The molecule has 1 atom stereocenters. The highest BCUT2D eigenvalue weighted by Gasteiger charge is 2.26. The Morgan fingerprint density at radius 2 is 2.00 bits per heavy atom. The highest BCUT2D eigenvalue weighted by atomic mass is 16.2. The molecular formula is C13H17N3O2. The zero-order valence-corrected chi connectivity index (χ0v) is 10.1. The summed E-state index contributed by atoms with van der Waals surface area (Å²) in [6.07, 6.45) is 1.01. The molecule has 2 rings (SSSR count). The number of hydrogen-bond donors (Lipinski definition) is 3. The zero-order valence-electron chi connectivity index (χ0n) is 10.1. The van der Waals surface area contributed by atoms with Crippen molar-refractivity contribution in [2.45, 2.75) is 32.0 Å². The molecular weight excluding hydrogens is 230 g/mol. The molecule has 0 aromatic heterocycles. The summed E-state index contributed by atoms with van der Waals surface area (Å²) in [5.74, 6) is -0.175. The summed E-state index contributed by atoms with van der Waals surface area (Å²) in [5, 5.41) is 5.45. The fourth-order valence-electron chi connectivity index (χ4n) is 1.92. The van der Waals surface area contributed by atoms with E-state index in [1.807, 2.05) is 24.3 Å². The van der Waals surface area contributed by atoms with Gasteiger partial charge in [0.2, 0.25) is 11.8 Å². The largest absolute Gasteiger partial charge is 0.350 e. The number of nitrogens with two attached hydrogens (primary N) is 1. The topological polar surface area (TPSA) is 84.2 Å². The minimum Gasteiger partial charge on any atom is -0.350 e. The van der Waals surface area contributed by atoms with E-state index in [-0.39, 0.29) is 17.9 Å². The van der Waals surface area contributed by atoms with E-state index in [0.717, 1.165) is 11.1 Å². The quantitative estimate of drug-likeness (QED) is 0.702. The van der Waals surface area contributed by atoms with Crippen LogP contribution in [0, 0.1) is 0 Å². The van der Waals surface area contributed by atoms with Gasteiger partial charge in [-0.2, -0.15) is 0 Å². The van der Waals surface area contributed by atoms with Gasteiger partial charge in [-0.05, 0) is 17.5 Å². The summed E-state index contributed by atoms with van der Waals surface area (Å²) in [7, 11) is 0. The van der Waals surface area contributed by atoms with E-state index in [1.54, 1.807) is 0 Å². The van der Waals surface area contributed by atoms with Crippen LogP contribution in [0.1, 0.15) is 24.0 Å². The second kappa shape index (κ2) is 5.64. The van der Waals surface area contributed by atoms with Crippen LogP contribution in [-0.4, -0.2) is 17.9 Å². The van der Waals surface area contributed by atoms with Crippen molar-refractivity contribution in [2.24, 2.45) is 5.73 Å². The lowest BCUT2D eigenvalue weighted by atomic mass is 10.1. The van der Waals surface area contributed by atoms with Crippen LogP contribution in [-0.2, 0) is 22.7 Å². The molecule has 1 aliphatic rings. The summed E-state index contributed by atoms with van der Waals surface area (Å²) < 4.78 is 0. The molecule has 1 heterocycles. The van der Waals surface area contributed by atoms with Crippen molar-refractivity contribution >= 4 is 11.8 Å². The lowest BCUT2D eigenvalue weighted by Crippen LogP contribution is -2.41. The van der Waals surface area contributed by atoms with E-state index in [9.17, 15) is 9.59 Å². The summed E-state index contributed by atoms with van der Waals surface area (Å²) in [4.78, 5) is 22.7. The van der Waals surface area contributed by atoms with Gasteiger partial charge in [-0.3, -0.25) is 9.59 Å². The molecule has 5 heteroatoms. The molecule has 2 amide bonds. The highest BCUT2D eigenvalue weighted by Crippen LogP contribution is 2.07. The summed E-state index contributed by atoms with van der Waals surface area (Å²) in [5.41, 5.74) is 7.59. The van der Waals surface area contributed by atoms with E-state index in [4.69, 9.17) is 5.73 Å². The average Bonchev–Trinajstić information content (AvgIpc) is 2.83. The molecule has 18 heavy (non-hydrogen) atoms.